The lowest BCUT2D eigenvalue weighted by Crippen LogP contribution is -2.38. The highest BCUT2D eigenvalue weighted by molar-refractivity contribution is 6.30. The number of fused-ring (bicyclic) bond motifs is 2. The van der Waals surface area contributed by atoms with E-state index in [0.717, 1.165) is 83.4 Å². The van der Waals surface area contributed by atoms with Crippen LogP contribution in [0.2, 0.25) is 5.02 Å². The predicted molar refractivity (Wildman–Crippen MR) is 153 cm³/mol. The van der Waals surface area contributed by atoms with Gasteiger partial charge in [-0.3, -0.25) is 14.9 Å². The number of benzene rings is 3. The number of anilines is 2. The van der Waals surface area contributed by atoms with Crippen molar-refractivity contribution in [3.8, 4) is 17.1 Å². The van der Waals surface area contributed by atoms with E-state index >= 15 is 0 Å². The summed E-state index contributed by atoms with van der Waals surface area (Å²) < 4.78 is 7.73. The normalized spacial score (nSPS) is 14.8. The summed E-state index contributed by atoms with van der Waals surface area (Å²) in [4.78, 5) is 17.0. The molecular formula is C30H29ClN6O. The van der Waals surface area contributed by atoms with Crippen LogP contribution in [0.5, 0.6) is 0 Å². The van der Waals surface area contributed by atoms with Gasteiger partial charge in [0.2, 0.25) is 0 Å². The zero-order valence-corrected chi connectivity index (χ0v) is 22.0. The van der Waals surface area contributed by atoms with Crippen LogP contribution < -0.4 is 10.7 Å². The van der Waals surface area contributed by atoms with Gasteiger partial charge in [-0.2, -0.15) is 0 Å². The van der Waals surface area contributed by atoms with Crippen molar-refractivity contribution in [3.05, 3.63) is 95.1 Å². The maximum atomic E-state index is 6.23. The van der Waals surface area contributed by atoms with Crippen LogP contribution in [0.4, 0.5) is 11.4 Å². The minimum Gasteiger partial charge on any atom is -0.379 e. The van der Waals surface area contributed by atoms with Gasteiger partial charge in [0.05, 0.1) is 64.6 Å². The zero-order chi connectivity index (χ0) is 25.9. The molecule has 1 aromatic heterocycles. The quantitative estimate of drug-likeness (QED) is 0.299. The van der Waals surface area contributed by atoms with Gasteiger partial charge in [0.25, 0.3) is 0 Å². The summed E-state index contributed by atoms with van der Waals surface area (Å²) in [6.45, 7) is 7.03. The van der Waals surface area contributed by atoms with E-state index in [-0.39, 0.29) is 0 Å². The van der Waals surface area contributed by atoms with Gasteiger partial charge in [0.1, 0.15) is 0 Å². The van der Waals surface area contributed by atoms with Gasteiger partial charge < -0.3 is 14.6 Å². The van der Waals surface area contributed by atoms with E-state index in [2.05, 4.69) is 38.0 Å². The fourth-order valence-electron chi connectivity index (χ4n) is 4.84. The zero-order valence-electron chi connectivity index (χ0n) is 21.3. The maximum absolute atomic E-state index is 6.23. The van der Waals surface area contributed by atoms with Gasteiger partial charge in [-0.05, 0) is 67.6 Å². The Morgan fingerprint density at radius 2 is 1.79 bits per heavy atom. The first kappa shape index (κ1) is 24.6. The number of ether oxygens (including phenoxy) is 1. The number of nitrogens with zero attached hydrogens (tertiary/aromatic N) is 5. The maximum Gasteiger partial charge on any atom is 0.0900 e. The molecule has 3 aromatic rings. The van der Waals surface area contributed by atoms with Crippen LogP contribution in [-0.2, 0) is 4.74 Å². The molecule has 1 aliphatic carbocycles. The molecule has 38 heavy (non-hydrogen) atoms. The molecule has 3 aliphatic rings. The van der Waals surface area contributed by atoms with Gasteiger partial charge in [-0.25, -0.2) is 4.98 Å². The Balaban J connectivity index is 1.53. The van der Waals surface area contributed by atoms with E-state index in [1.807, 2.05) is 61.5 Å². The molecule has 2 aliphatic heterocycles. The highest BCUT2D eigenvalue weighted by atomic mass is 35.5. The van der Waals surface area contributed by atoms with Crippen LogP contribution in [0.1, 0.15) is 5.69 Å². The Kier molecular flexibility index (Phi) is 7.05. The first-order valence-corrected chi connectivity index (χ1v) is 13.2. The molecule has 0 spiro atoms. The molecule has 1 N–H and O–H groups in total. The Morgan fingerprint density at radius 3 is 2.61 bits per heavy atom. The summed E-state index contributed by atoms with van der Waals surface area (Å²) >= 11 is 6.23. The molecule has 0 radical (unpaired) electrons. The fraction of sp³-hybridized carbons (Fsp3) is 0.233. The summed E-state index contributed by atoms with van der Waals surface area (Å²) in [6, 6.07) is 24.3. The second-order valence-electron chi connectivity index (χ2n) is 9.37. The summed E-state index contributed by atoms with van der Waals surface area (Å²) in [5.74, 6) is 0. The molecule has 1 fully saturated rings. The number of aryl methyl sites for hydroxylation is 1. The van der Waals surface area contributed by atoms with Gasteiger partial charge in [0, 0.05) is 36.5 Å². The summed E-state index contributed by atoms with van der Waals surface area (Å²) in [7, 11) is 0. The number of aromatic nitrogens is 3. The van der Waals surface area contributed by atoms with E-state index in [1.54, 1.807) is 6.20 Å². The number of hydrogen-bond acceptors (Lipinski definition) is 6. The molecule has 0 saturated carbocycles. The summed E-state index contributed by atoms with van der Waals surface area (Å²) in [6.07, 6.45) is 1.80. The van der Waals surface area contributed by atoms with Gasteiger partial charge in [0.15, 0.2) is 0 Å². The molecule has 0 unspecified atom stereocenters. The first-order chi connectivity index (χ1) is 18.7. The first-order valence-electron chi connectivity index (χ1n) is 12.9. The molecule has 0 bridgehead atoms. The lowest BCUT2D eigenvalue weighted by atomic mass is 10.1. The number of para-hydroxylation sites is 2. The van der Waals surface area contributed by atoms with Crippen LogP contribution in [0.3, 0.4) is 0 Å². The van der Waals surface area contributed by atoms with Gasteiger partial charge in [-0.1, -0.05) is 23.7 Å². The van der Waals surface area contributed by atoms with E-state index in [9.17, 15) is 0 Å². The Labute approximate surface area is 226 Å². The van der Waals surface area contributed by atoms with Crippen LogP contribution in [0.25, 0.3) is 28.1 Å². The Hall–Kier alpha value is -3.78. The van der Waals surface area contributed by atoms with Gasteiger partial charge in [-0.15, -0.1) is 0 Å². The van der Waals surface area contributed by atoms with Crippen molar-refractivity contribution in [2.75, 3.05) is 44.7 Å². The average molecular weight is 525 g/mol. The SMILES string of the molecule is Cc1ncccc1Nc1cc2nc3ccccc3n(-c3ccc(Cl)cc3)c-2c/c1=N\CCN1CCOCC1. The van der Waals surface area contributed by atoms with Crippen LogP contribution >= 0.6 is 11.6 Å². The number of morpholine rings is 1. The molecule has 1 saturated heterocycles. The van der Waals surface area contributed by atoms with E-state index in [1.165, 1.54) is 0 Å². The van der Waals surface area contributed by atoms with Crippen LogP contribution in [0, 0.1) is 6.92 Å². The van der Waals surface area contributed by atoms with Crippen molar-refractivity contribution in [2.45, 2.75) is 6.92 Å². The van der Waals surface area contributed by atoms with Crippen LogP contribution in [0.15, 0.2) is 84.0 Å². The lowest BCUT2D eigenvalue weighted by Gasteiger charge is -2.25. The second kappa shape index (κ2) is 10.9. The molecule has 6 rings (SSSR count). The molecule has 7 nitrogen and oxygen atoms in total. The van der Waals surface area contributed by atoms with Crippen molar-refractivity contribution >= 4 is 34.0 Å². The summed E-state index contributed by atoms with van der Waals surface area (Å²) in [5, 5.41) is 5.17. The Morgan fingerprint density at radius 1 is 0.974 bits per heavy atom. The number of nitrogens with one attached hydrogen (secondary N) is 1. The van der Waals surface area contributed by atoms with Crippen LogP contribution in [-0.4, -0.2) is 58.8 Å². The highest BCUT2D eigenvalue weighted by Crippen LogP contribution is 2.31. The van der Waals surface area contributed by atoms with E-state index in [4.69, 9.17) is 26.3 Å². The molecule has 8 heteroatoms. The third kappa shape index (κ3) is 5.13. The number of hydrogen-bond donors (Lipinski definition) is 1. The fourth-order valence-corrected chi connectivity index (χ4v) is 4.97. The van der Waals surface area contributed by atoms with E-state index in [0.29, 0.717) is 11.6 Å². The minimum absolute atomic E-state index is 0.689. The van der Waals surface area contributed by atoms with Crippen molar-refractivity contribution in [2.24, 2.45) is 4.99 Å². The second-order valence-corrected chi connectivity index (χ2v) is 9.80. The average Bonchev–Trinajstić information content (AvgIpc) is 2.94. The molecule has 2 aromatic carbocycles. The highest BCUT2D eigenvalue weighted by Gasteiger charge is 2.17. The van der Waals surface area contributed by atoms with E-state index < -0.39 is 0 Å². The molecule has 3 heterocycles. The standard InChI is InChI=1S/C30H29ClN6O/c1-21-24(6-4-12-32-21)34-27-19-28-30(20-26(27)33-13-14-36-15-17-38-18-16-36)37(23-10-8-22(31)9-11-23)29-7-3-2-5-25(29)35-28/h2-12,19-20,34H,13-18H2,1H3/b33-26+. The third-order valence-corrected chi connectivity index (χ3v) is 7.11. The Bertz CT molecular complexity index is 1610. The van der Waals surface area contributed by atoms with Crippen molar-refractivity contribution in [3.63, 3.8) is 0 Å². The van der Waals surface area contributed by atoms with Gasteiger partial charge >= 0.3 is 0 Å². The number of rotatable bonds is 6. The summed E-state index contributed by atoms with van der Waals surface area (Å²) in [5.41, 5.74) is 7.57. The topological polar surface area (TPSA) is 67.6 Å². The smallest absolute Gasteiger partial charge is 0.0900 e. The molecule has 0 atom stereocenters. The monoisotopic (exact) mass is 524 g/mol. The van der Waals surface area contributed by atoms with Crippen molar-refractivity contribution in [1.29, 1.82) is 0 Å². The van der Waals surface area contributed by atoms with Crippen molar-refractivity contribution in [1.82, 2.24) is 19.4 Å². The van der Waals surface area contributed by atoms with Crippen molar-refractivity contribution < 1.29 is 4.74 Å². The number of pyridine rings is 1. The third-order valence-electron chi connectivity index (χ3n) is 6.86. The largest absolute Gasteiger partial charge is 0.379 e. The predicted octanol–water partition coefficient (Wildman–Crippen LogP) is 5.46. The number of halogens is 1. The lowest BCUT2D eigenvalue weighted by molar-refractivity contribution is 0.0394. The molecule has 192 valence electrons. The minimum atomic E-state index is 0.689. The molecular weight excluding hydrogens is 496 g/mol. The molecule has 0 amide bonds.